The predicted molar refractivity (Wildman–Crippen MR) is 195 cm³/mol. The standard InChI is InChI=1S/C43H25N3O2/c1-3-11-26(12-4-1)27-19-23-37-33(25-27)39-38(47-37)24-22-34-42(39)48-43(44-34)46-36-18-10-8-16-30(36)32-21-20-31-29-15-7-9-17-35(29)45(40(31)41(32)46)28-13-5-2-6-14-28/h1-25H. The Kier molecular flexibility index (Phi) is 5.05. The minimum Gasteiger partial charge on any atom is -0.456 e. The first-order chi connectivity index (χ1) is 23.8. The lowest BCUT2D eigenvalue weighted by Crippen LogP contribution is -1.98. The molecule has 48 heavy (non-hydrogen) atoms. The summed E-state index contributed by atoms with van der Waals surface area (Å²) in [5.41, 5.74) is 10.8. The topological polar surface area (TPSA) is 49.0 Å². The van der Waals surface area contributed by atoms with Crippen molar-refractivity contribution in [3.8, 4) is 22.8 Å². The van der Waals surface area contributed by atoms with Gasteiger partial charge in [0.1, 0.15) is 16.7 Å². The fourth-order valence-electron chi connectivity index (χ4n) is 7.69. The first-order valence-electron chi connectivity index (χ1n) is 16.1. The lowest BCUT2D eigenvalue weighted by atomic mass is 10.0. The molecule has 7 aromatic carbocycles. The summed E-state index contributed by atoms with van der Waals surface area (Å²) in [7, 11) is 0. The molecular weight excluding hydrogens is 590 g/mol. The molecule has 0 aliphatic carbocycles. The maximum atomic E-state index is 6.91. The van der Waals surface area contributed by atoms with E-state index in [9.17, 15) is 0 Å². The lowest BCUT2D eigenvalue weighted by molar-refractivity contribution is 0.577. The van der Waals surface area contributed by atoms with Gasteiger partial charge in [0.15, 0.2) is 5.58 Å². The fraction of sp³-hybridized carbons (Fsp3) is 0. The Hall–Kier alpha value is -6.59. The average molecular weight is 616 g/mol. The van der Waals surface area contributed by atoms with E-state index in [1.54, 1.807) is 0 Å². The van der Waals surface area contributed by atoms with Crippen molar-refractivity contribution in [2.45, 2.75) is 0 Å². The Morgan fingerprint density at radius 1 is 0.438 bits per heavy atom. The zero-order valence-corrected chi connectivity index (χ0v) is 25.6. The molecule has 0 unspecified atom stereocenters. The maximum absolute atomic E-state index is 6.91. The third-order valence-electron chi connectivity index (χ3n) is 9.76. The van der Waals surface area contributed by atoms with Crippen molar-refractivity contribution in [2.24, 2.45) is 0 Å². The van der Waals surface area contributed by atoms with Crippen molar-refractivity contribution in [3.63, 3.8) is 0 Å². The number of para-hydroxylation sites is 3. The number of nitrogens with zero attached hydrogens (tertiary/aromatic N) is 3. The molecule has 0 atom stereocenters. The minimum absolute atomic E-state index is 0.523. The summed E-state index contributed by atoms with van der Waals surface area (Å²) in [5.74, 6) is 0. The first kappa shape index (κ1) is 25.6. The molecule has 0 fully saturated rings. The highest BCUT2D eigenvalue weighted by atomic mass is 16.4. The van der Waals surface area contributed by atoms with E-state index in [4.69, 9.17) is 13.8 Å². The molecule has 11 rings (SSSR count). The second-order valence-corrected chi connectivity index (χ2v) is 12.4. The third kappa shape index (κ3) is 3.42. The van der Waals surface area contributed by atoms with Gasteiger partial charge in [-0.1, -0.05) is 103 Å². The number of fused-ring (bicyclic) bond motifs is 12. The molecule has 4 aromatic heterocycles. The highest BCUT2D eigenvalue weighted by molar-refractivity contribution is 6.24. The molecule has 0 aliphatic heterocycles. The van der Waals surface area contributed by atoms with Gasteiger partial charge in [0, 0.05) is 32.6 Å². The van der Waals surface area contributed by atoms with Gasteiger partial charge in [-0.15, -0.1) is 0 Å². The van der Waals surface area contributed by atoms with Crippen molar-refractivity contribution >= 4 is 76.6 Å². The molecule has 0 saturated carbocycles. The number of benzene rings is 7. The summed E-state index contributed by atoms with van der Waals surface area (Å²) >= 11 is 0. The number of hydrogen-bond acceptors (Lipinski definition) is 3. The molecular formula is C43H25N3O2. The van der Waals surface area contributed by atoms with Gasteiger partial charge in [-0.25, -0.2) is 0 Å². The molecule has 0 spiro atoms. The zero-order chi connectivity index (χ0) is 31.3. The molecule has 5 heteroatoms. The van der Waals surface area contributed by atoms with Gasteiger partial charge in [-0.3, -0.25) is 4.57 Å². The van der Waals surface area contributed by atoms with E-state index < -0.39 is 0 Å². The quantitative estimate of drug-likeness (QED) is 0.199. The van der Waals surface area contributed by atoms with Crippen LogP contribution < -0.4 is 0 Å². The molecule has 0 bridgehead atoms. The number of furan rings is 1. The van der Waals surface area contributed by atoms with Crippen LogP contribution in [0.1, 0.15) is 0 Å². The normalized spacial score (nSPS) is 12.2. The largest absolute Gasteiger partial charge is 0.456 e. The smallest absolute Gasteiger partial charge is 0.307 e. The average Bonchev–Trinajstić information content (AvgIpc) is 3.90. The molecule has 0 aliphatic rings. The van der Waals surface area contributed by atoms with Gasteiger partial charge in [-0.05, 0) is 59.7 Å². The van der Waals surface area contributed by atoms with Crippen molar-refractivity contribution < 1.29 is 8.83 Å². The van der Waals surface area contributed by atoms with E-state index in [1.165, 1.54) is 10.8 Å². The van der Waals surface area contributed by atoms with E-state index in [0.29, 0.717) is 11.6 Å². The van der Waals surface area contributed by atoms with E-state index in [2.05, 4.69) is 137 Å². The van der Waals surface area contributed by atoms with Crippen LogP contribution in [0.5, 0.6) is 0 Å². The molecule has 0 N–H and O–H groups in total. The van der Waals surface area contributed by atoms with Crippen LogP contribution in [0.3, 0.4) is 0 Å². The Morgan fingerprint density at radius 2 is 1.06 bits per heavy atom. The number of rotatable bonds is 3. The van der Waals surface area contributed by atoms with Gasteiger partial charge in [0.25, 0.3) is 0 Å². The molecule has 0 radical (unpaired) electrons. The maximum Gasteiger partial charge on any atom is 0.307 e. The van der Waals surface area contributed by atoms with E-state index in [-0.39, 0.29) is 0 Å². The van der Waals surface area contributed by atoms with Crippen LogP contribution in [0.25, 0.3) is 99.5 Å². The monoisotopic (exact) mass is 615 g/mol. The number of oxazole rings is 1. The second kappa shape index (κ2) is 9.47. The van der Waals surface area contributed by atoms with Crippen molar-refractivity contribution in [2.75, 3.05) is 0 Å². The summed E-state index contributed by atoms with van der Waals surface area (Å²) in [4.78, 5) is 5.18. The Balaban J connectivity index is 1.27. The molecule has 0 saturated heterocycles. The predicted octanol–water partition coefficient (Wildman–Crippen LogP) is 11.6. The van der Waals surface area contributed by atoms with Gasteiger partial charge < -0.3 is 13.4 Å². The first-order valence-corrected chi connectivity index (χ1v) is 16.1. The van der Waals surface area contributed by atoms with Crippen LogP contribution in [0.4, 0.5) is 0 Å². The van der Waals surface area contributed by atoms with Crippen LogP contribution in [-0.4, -0.2) is 14.1 Å². The van der Waals surface area contributed by atoms with Crippen molar-refractivity contribution in [3.05, 3.63) is 152 Å². The number of aromatic nitrogens is 3. The molecule has 11 aromatic rings. The minimum atomic E-state index is 0.523. The summed E-state index contributed by atoms with van der Waals surface area (Å²) in [6, 6.07) is 53.5. The van der Waals surface area contributed by atoms with Gasteiger partial charge in [0.05, 0.1) is 27.5 Å². The molecule has 0 amide bonds. The summed E-state index contributed by atoms with van der Waals surface area (Å²) in [5, 5.41) is 6.61. The summed E-state index contributed by atoms with van der Waals surface area (Å²) in [6.07, 6.45) is 0. The van der Waals surface area contributed by atoms with Crippen LogP contribution in [0.15, 0.2) is 160 Å². The molecule has 224 valence electrons. The zero-order valence-electron chi connectivity index (χ0n) is 25.6. The van der Waals surface area contributed by atoms with Crippen LogP contribution in [0, 0.1) is 0 Å². The van der Waals surface area contributed by atoms with E-state index in [1.807, 2.05) is 24.3 Å². The molecule has 5 nitrogen and oxygen atoms in total. The highest BCUT2D eigenvalue weighted by Crippen LogP contribution is 2.43. The highest BCUT2D eigenvalue weighted by Gasteiger charge is 2.24. The number of hydrogen-bond donors (Lipinski definition) is 0. The third-order valence-corrected chi connectivity index (χ3v) is 9.76. The van der Waals surface area contributed by atoms with Gasteiger partial charge >= 0.3 is 6.01 Å². The SMILES string of the molecule is c1ccc(-c2ccc3oc4ccc5nc(-n6c7ccccc7c7ccc8c9ccccc9n(-c9ccccc9)c8c76)oc5c4c3c2)cc1. The Morgan fingerprint density at radius 3 is 1.81 bits per heavy atom. The molecule has 4 heterocycles. The van der Waals surface area contributed by atoms with E-state index in [0.717, 1.165) is 77.1 Å². The second-order valence-electron chi connectivity index (χ2n) is 12.4. The summed E-state index contributed by atoms with van der Waals surface area (Å²) < 4.78 is 17.8. The summed E-state index contributed by atoms with van der Waals surface area (Å²) in [6.45, 7) is 0. The van der Waals surface area contributed by atoms with Crippen molar-refractivity contribution in [1.29, 1.82) is 0 Å². The van der Waals surface area contributed by atoms with Crippen molar-refractivity contribution in [1.82, 2.24) is 14.1 Å². The van der Waals surface area contributed by atoms with Crippen LogP contribution in [-0.2, 0) is 0 Å². The Bertz CT molecular complexity index is 3050. The lowest BCUT2D eigenvalue weighted by Gasteiger charge is -2.10. The van der Waals surface area contributed by atoms with Crippen LogP contribution in [0.2, 0.25) is 0 Å². The fourth-order valence-corrected chi connectivity index (χ4v) is 7.69. The van der Waals surface area contributed by atoms with Gasteiger partial charge in [0.2, 0.25) is 0 Å². The van der Waals surface area contributed by atoms with Gasteiger partial charge in [-0.2, -0.15) is 4.98 Å². The Labute approximate surface area is 273 Å². The van der Waals surface area contributed by atoms with Crippen LogP contribution >= 0.6 is 0 Å². The van der Waals surface area contributed by atoms with E-state index >= 15 is 0 Å².